The van der Waals surface area contributed by atoms with Gasteiger partial charge in [0.15, 0.2) is 11.5 Å². The van der Waals surface area contributed by atoms with Crippen LogP contribution in [0, 0.1) is 0 Å². The van der Waals surface area contributed by atoms with Crippen LogP contribution < -0.4 is 20.1 Å². The molecule has 2 atom stereocenters. The summed E-state index contributed by atoms with van der Waals surface area (Å²) in [6.07, 6.45) is 2.16. The molecule has 6 nitrogen and oxygen atoms in total. The highest BCUT2D eigenvalue weighted by molar-refractivity contribution is 5.75. The third kappa shape index (κ3) is 3.52. The van der Waals surface area contributed by atoms with Gasteiger partial charge < -0.3 is 24.8 Å². The molecule has 1 fully saturated rings. The quantitative estimate of drug-likeness (QED) is 0.894. The van der Waals surface area contributed by atoms with Gasteiger partial charge in [0, 0.05) is 6.61 Å². The Hall–Kier alpha value is -1.95. The van der Waals surface area contributed by atoms with Gasteiger partial charge >= 0.3 is 6.03 Å². The molecule has 0 aromatic heterocycles. The summed E-state index contributed by atoms with van der Waals surface area (Å²) in [7, 11) is 0. The van der Waals surface area contributed by atoms with Gasteiger partial charge in [0.2, 0.25) is 6.79 Å². The van der Waals surface area contributed by atoms with Gasteiger partial charge in [-0.3, -0.25) is 0 Å². The molecule has 0 bridgehead atoms. The number of hydrogen-bond donors (Lipinski definition) is 2. The molecule has 0 spiro atoms. The van der Waals surface area contributed by atoms with Gasteiger partial charge in [0.25, 0.3) is 0 Å². The number of urea groups is 1. The number of amides is 2. The molecule has 2 N–H and O–H groups in total. The molecule has 0 radical (unpaired) electrons. The van der Waals surface area contributed by atoms with Crippen LogP contribution in [-0.4, -0.2) is 31.6 Å². The summed E-state index contributed by atoms with van der Waals surface area (Å²) in [6, 6.07) is 5.51. The van der Waals surface area contributed by atoms with Crippen molar-refractivity contribution < 1.29 is 19.0 Å². The van der Waals surface area contributed by atoms with E-state index in [1.165, 1.54) is 0 Å². The van der Waals surface area contributed by atoms with E-state index in [2.05, 4.69) is 10.6 Å². The molecule has 23 heavy (non-hydrogen) atoms. The van der Waals surface area contributed by atoms with E-state index in [9.17, 15) is 4.79 Å². The Bertz CT molecular complexity index is 582. The molecule has 0 aliphatic carbocycles. The summed E-state index contributed by atoms with van der Waals surface area (Å²) >= 11 is 0. The van der Waals surface area contributed by atoms with Crippen molar-refractivity contribution in [3.05, 3.63) is 23.8 Å². The molecule has 1 saturated heterocycles. The van der Waals surface area contributed by atoms with Gasteiger partial charge in [0.1, 0.15) is 0 Å². The molecule has 2 amide bonds. The molecular formula is C17H24N2O4. The molecule has 2 aliphatic heterocycles. The number of hydrogen-bond acceptors (Lipinski definition) is 4. The van der Waals surface area contributed by atoms with Crippen LogP contribution in [0.3, 0.4) is 0 Å². The van der Waals surface area contributed by atoms with Crippen LogP contribution in [0.2, 0.25) is 0 Å². The highest BCUT2D eigenvalue weighted by Crippen LogP contribution is 2.35. The first-order valence-electron chi connectivity index (χ1n) is 8.06. The molecule has 1 aromatic carbocycles. The highest BCUT2D eigenvalue weighted by Gasteiger charge is 2.28. The summed E-state index contributed by atoms with van der Waals surface area (Å²) in [5.41, 5.74) is 0.433. The van der Waals surface area contributed by atoms with Gasteiger partial charge in [-0.1, -0.05) is 6.07 Å². The average Bonchev–Trinajstić information content (AvgIpc) is 3.17. The summed E-state index contributed by atoms with van der Waals surface area (Å²) in [4.78, 5) is 12.3. The minimum Gasteiger partial charge on any atom is -0.454 e. The molecule has 2 aliphatic rings. The lowest BCUT2D eigenvalue weighted by Gasteiger charge is -2.29. The van der Waals surface area contributed by atoms with Crippen molar-refractivity contribution in [2.75, 3.05) is 13.4 Å². The summed E-state index contributed by atoms with van der Waals surface area (Å²) < 4.78 is 16.3. The van der Waals surface area contributed by atoms with Crippen LogP contribution in [-0.2, 0) is 10.3 Å². The lowest BCUT2D eigenvalue weighted by Crippen LogP contribution is -2.51. The molecule has 6 heteroatoms. The average molecular weight is 320 g/mol. The van der Waals surface area contributed by atoms with E-state index in [1.807, 2.05) is 39.0 Å². The van der Waals surface area contributed by atoms with Gasteiger partial charge in [-0.05, 0) is 51.3 Å². The minimum absolute atomic E-state index is 0.00921. The Kier molecular flexibility index (Phi) is 4.35. The van der Waals surface area contributed by atoms with E-state index in [0.717, 1.165) is 30.8 Å². The maximum Gasteiger partial charge on any atom is 0.315 e. The smallest absolute Gasteiger partial charge is 0.315 e. The third-order valence-electron chi connectivity index (χ3n) is 4.40. The van der Waals surface area contributed by atoms with Crippen molar-refractivity contribution in [2.45, 2.75) is 51.3 Å². The lowest BCUT2D eigenvalue weighted by atomic mass is 9.94. The topological polar surface area (TPSA) is 68.8 Å². The molecule has 1 aromatic rings. The number of carbonyl (C=O) groups excluding carboxylic acids is 1. The SMILES string of the molecule is C[C@H](NC(=O)NC(C)(C)c1ccc2c(c1)OCO2)[C@@H]1CCCO1. The van der Waals surface area contributed by atoms with Gasteiger partial charge in [-0.2, -0.15) is 0 Å². The Labute approximate surface area is 136 Å². The highest BCUT2D eigenvalue weighted by atomic mass is 16.7. The van der Waals surface area contributed by atoms with Gasteiger partial charge in [-0.25, -0.2) is 4.79 Å². The third-order valence-corrected chi connectivity index (χ3v) is 4.40. The van der Waals surface area contributed by atoms with Crippen molar-refractivity contribution >= 4 is 6.03 Å². The van der Waals surface area contributed by atoms with Gasteiger partial charge in [-0.15, -0.1) is 0 Å². The summed E-state index contributed by atoms with van der Waals surface area (Å²) in [5, 5.41) is 5.99. The second-order valence-corrected chi connectivity index (χ2v) is 6.63. The fourth-order valence-corrected chi connectivity index (χ4v) is 2.97. The number of rotatable bonds is 4. The zero-order valence-electron chi connectivity index (χ0n) is 13.8. The van der Waals surface area contributed by atoms with E-state index >= 15 is 0 Å². The molecule has 0 unspecified atom stereocenters. The van der Waals surface area contributed by atoms with Crippen molar-refractivity contribution in [2.24, 2.45) is 0 Å². The number of carbonyl (C=O) groups is 1. The van der Waals surface area contributed by atoms with Crippen LogP contribution in [0.5, 0.6) is 11.5 Å². The Morgan fingerprint density at radius 1 is 1.30 bits per heavy atom. The number of nitrogens with one attached hydrogen (secondary N) is 2. The molecular weight excluding hydrogens is 296 g/mol. The first kappa shape index (κ1) is 15.9. The largest absolute Gasteiger partial charge is 0.454 e. The first-order valence-corrected chi connectivity index (χ1v) is 8.06. The maximum atomic E-state index is 12.3. The fourth-order valence-electron chi connectivity index (χ4n) is 2.97. The minimum atomic E-state index is -0.526. The maximum absolute atomic E-state index is 12.3. The van der Waals surface area contributed by atoms with Crippen LogP contribution in [0.25, 0.3) is 0 Å². The lowest BCUT2D eigenvalue weighted by molar-refractivity contribution is 0.0855. The van der Waals surface area contributed by atoms with Crippen molar-refractivity contribution in [1.82, 2.24) is 10.6 Å². The molecule has 126 valence electrons. The van der Waals surface area contributed by atoms with E-state index in [0.29, 0.717) is 5.75 Å². The summed E-state index contributed by atoms with van der Waals surface area (Å²) in [6.45, 7) is 6.91. The van der Waals surface area contributed by atoms with Crippen molar-refractivity contribution in [1.29, 1.82) is 0 Å². The van der Waals surface area contributed by atoms with Gasteiger partial charge in [0.05, 0.1) is 17.7 Å². The fraction of sp³-hybridized carbons (Fsp3) is 0.588. The number of fused-ring (bicyclic) bond motifs is 1. The van der Waals surface area contributed by atoms with Crippen molar-refractivity contribution in [3.8, 4) is 11.5 Å². The van der Waals surface area contributed by atoms with Crippen molar-refractivity contribution in [3.63, 3.8) is 0 Å². The zero-order chi connectivity index (χ0) is 16.4. The number of ether oxygens (including phenoxy) is 3. The molecule has 3 rings (SSSR count). The number of benzene rings is 1. The normalized spacial score (nSPS) is 21.1. The standard InChI is InChI=1S/C17H24N2O4/c1-11(13-5-4-8-21-13)18-16(20)19-17(2,3)12-6-7-14-15(9-12)23-10-22-14/h6-7,9,11,13H,4-5,8,10H2,1-3H3,(H2,18,19,20)/t11-,13-/m0/s1. The molecule has 0 saturated carbocycles. The second kappa shape index (κ2) is 6.28. The zero-order valence-corrected chi connectivity index (χ0v) is 13.8. The Balaban J connectivity index is 1.62. The van der Waals surface area contributed by atoms with E-state index in [1.54, 1.807) is 0 Å². The Morgan fingerprint density at radius 3 is 2.83 bits per heavy atom. The van der Waals surface area contributed by atoms with Crippen LogP contribution in [0.1, 0.15) is 39.2 Å². The Morgan fingerprint density at radius 2 is 2.09 bits per heavy atom. The predicted octanol–water partition coefficient (Wildman–Crippen LogP) is 2.52. The first-order chi connectivity index (χ1) is 11.0. The van der Waals surface area contributed by atoms with E-state index in [4.69, 9.17) is 14.2 Å². The summed E-state index contributed by atoms with van der Waals surface area (Å²) in [5.74, 6) is 1.45. The van der Waals surface area contributed by atoms with E-state index < -0.39 is 5.54 Å². The van der Waals surface area contributed by atoms with E-state index in [-0.39, 0.29) is 25.0 Å². The van der Waals surface area contributed by atoms with Crippen LogP contribution >= 0.6 is 0 Å². The van der Waals surface area contributed by atoms with Crippen LogP contribution in [0.15, 0.2) is 18.2 Å². The molecule has 2 heterocycles. The predicted molar refractivity (Wildman–Crippen MR) is 85.7 cm³/mol. The second-order valence-electron chi connectivity index (χ2n) is 6.63. The van der Waals surface area contributed by atoms with Crippen LogP contribution in [0.4, 0.5) is 4.79 Å². The monoisotopic (exact) mass is 320 g/mol.